The predicted molar refractivity (Wildman–Crippen MR) is 30.7 cm³/mol. The number of carbonyl (C=O) groups is 3. The van der Waals surface area contributed by atoms with Crippen LogP contribution in [0, 0.1) is 0 Å². The first-order chi connectivity index (χ1) is 5.09. The van der Waals surface area contributed by atoms with Crippen LogP contribution in [-0.4, -0.2) is 29.2 Å². The molecule has 0 unspecified atom stereocenters. The first kappa shape index (κ1) is 7.52. The maximum atomic E-state index is 10.6. The third-order valence-electron chi connectivity index (χ3n) is 1.17. The van der Waals surface area contributed by atoms with Crippen LogP contribution in [0.15, 0.2) is 0 Å². The Morgan fingerprint density at radius 3 is 2.64 bits per heavy atom. The smallest absolute Gasteiger partial charge is 0.405 e. The van der Waals surface area contributed by atoms with Gasteiger partial charge in [0.1, 0.15) is 6.04 Å². The summed E-state index contributed by atoms with van der Waals surface area (Å²) in [5.41, 5.74) is 0. The number of hydrogen-bond acceptors (Lipinski definition) is 4. The Labute approximate surface area is 61.1 Å². The molecule has 6 heteroatoms. The zero-order chi connectivity index (χ0) is 8.43. The molecule has 0 aromatic carbocycles. The van der Waals surface area contributed by atoms with Crippen LogP contribution in [0.4, 0.5) is 4.79 Å². The molecule has 0 aromatic heterocycles. The van der Waals surface area contributed by atoms with Crippen molar-refractivity contribution in [1.82, 2.24) is 5.32 Å². The molecule has 2 N–H and O–H groups in total. The SMILES string of the molecule is O=C(O)N[C@@H]1CC(=O)OC1=O. The van der Waals surface area contributed by atoms with Gasteiger partial charge in [-0.1, -0.05) is 0 Å². The minimum atomic E-state index is -1.35. The van der Waals surface area contributed by atoms with E-state index in [9.17, 15) is 14.4 Å². The fourth-order valence-corrected chi connectivity index (χ4v) is 0.734. The van der Waals surface area contributed by atoms with Gasteiger partial charge in [0.2, 0.25) is 0 Å². The summed E-state index contributed by atoms with van der Waals surface area (Å²) >= 11 is 0. The topological polar surface area (TPSA) is 92.7 Å². The monoisotopic (exact) mass is 159 g/mol. The van der Waals surface area contributed by atoms with Crippen LogP contribution in [-0.2, 0) is 14.3 Å². The lowest BCUT2D eigenvalue weighted by Gasteiger charge is -2.01. The third kappa shape index (κ3) is 1.66. The highest BCUT2D eigenvalue weighted by atomic mass is 16.6. The van der Waals surface area contributed by atoms with E-state index in [1.807, 2.05) is 5.32 Å². The van der Waals surface area contributed by atoms with E-state index in [1.54, 1.807) is 0 Å². The van der Waals surface area contributed by atoms with Gasteiger partial charge in [0.25, 0.3) is 0 Å². The molecule has 1 heterocycles. The van der Waals surface area contributed by atoms with E-state index in [1.165, 1.54) is 0 Å². The van der Waals surface area contributed by atoms with E-state index in [2.05, 4.69) is 4.74 Å². The molecule has 0 aromatic rings. The van der Waals surface area contributed by atoms with Gasteiger partial charge in [0.15, 0.2) is 0 Å². The van der Waals surface area contributed by atoms with Crippen LogP contribution in [0.5, 0.6) is 0 Å². The summed E-state index contributed by atoms with van der Waals surface area (Å²) in [6, 6.07) is -1.03. The number of esters is 2. The molecule has 0 saturated carbocycles. The van der Waals surface area contributed by atoms with E-state index in [0.29, 0.717) is 0 Å². The Kier molecular flexibility index (Phi) is 1.75. The van der Waals surface area contributed by atoms with Crippen LogP contribution in [0.2, 0.25) is 0 Å². The normalized spacial score (nSPS) is 23.1. The van der Waals surface area contributed by atoms with Crippen molar-refractivity contribution in [1.29, 1.82) is 0 Å². The Morgan fingerprint density at radius 1 is 1.64 bits per heavy atom. The maximum absolute atomic E-state index is 10.6. The average Bonchev–Trinajstić information content (AvgIpc) is 2.09. The molecule has 1 amide bonds. The summed E-state index contributed by atoms with van der Waals surface area (Å²) < 4.78 is 4.07. The lowest BCUT2D eigenvalue weighted by Crippen LogP contribution is -2.36. The molecule has 1 atom stereocenters. The summed E-state index contributed by atoms with van der Waals surface area (Å²) in [7, 11) is 0. The molecule has 60 valence electrons. The Hall–Kier alpha value is -1.59. The van der Waals surface area contributed by atoms with Crippen LogP contribution in [0.25, 0.3) is 0 Å². The highest BCUT2D eigenvalue weighted by Gasteiger charge is 2.34. The van der Waals surface area contributed by atoms with Crippen molar-refractivity contribution in [3.8, 4) is 0 Å². The number of cyclic esters (lactones) is 2. The van der Waals surface area contributed by atoms with Crippen molar-refractivity contribution in [2.75, 3.05) is 0 Å². The molecule has 0 aliphatic carbocycles. The summed E-state index contributed by atoms with van der Waals surface area (Å²) in [6.07, 6.45) is -1.56. The second-order valence-corrected chi connectivity index (χ2v) is 2.00. The lowest BCUT2D eigenvalue weighted by molar-refractivity contribution is -0.152. The zero-order valence-corrected chi connectivity index (χ0v) is 5.36. The van der Waals surface area contributed by atoms with Gasteiger partial charge in [-0.2, -0.15) is 0 Å². The van der Waals surface area contributed by atoms with E-state index < -0.39 is 24.1 Å². The van der Waals surface area contributed by atoms with Crippen molar-refractivity contribution in [3.63, 3.8) is 0 Å². The van der Waals surface area contributed by atoms with Crippen molar-refractivity contribution >= 4 is 18.0 Å². The number of hydrogen-bond donors (Lipinski definition) is 2. The van der Waals surface area contributed by atoms with Crippen LogP contribution < -0.4 is 5.32 Å². The molecule has 0 spiro atoms. The van der Waals surface area contributed by atoms with Gasteiger partial charge < -0.3 is 15.2 Å². The molecule has 1 rings (SSSR count). The van der Waals surface area contributed by atoms with Gasteiger partial charge in [-0.05, 0) is 0 Å². The van der Waals surface area contributed by atoms with Crippen LogP contribution in [0.3, 0.4) is 0 Å². The highest BCUT2D eigenvalue weighted by molar-refractivity contribution is 5.98. The van der Waals surface area contributed by atoms with E-state index >= 15 is 0 Å². The number of amides is 1. The van der Waals surface area contributed by atoms with Crippen molar-refractivity contribution in [2.45, 2.75) is 12.5 Å². The maximum Gasteiger partial charge on any atom is 0.405 e. The first-order valence-corrected chi connectivity index (χ1v) is 2.83. The van der Waals surface area contributed by atoms with Gasteiger partial charge in [0, 0.05) is 0 Å². The standard InChI is InChI=1S/C5H5NO5/c7-3-1-2(4(8)11-3)6-5(9)10/h2,6H,1H2,(H,9,10)/t2-/m1/s1. The van der Waals surface area contributed by atoms with Gasteiger partial charge in [-0.3, -0.25) is 4.79 Å². The zero-order valence-electron chi connectivity index (χ0n) is 5.36. The quantitative estimate of drug-likeness (QED) is 0.382. The van der Waals surface area contributed by atoms with Crippen molar-refractivity contribution < 1.29 is 24.2 Å². The number of rotatable bonds is 1. The molecule has 0 radical (unpaired) electrons. The number of nitrogens with one attached hydrogen (secondary N) is 1. The summed E-state index contributed by atoms with van der Waals surface area (Å²) in [5, 5.41) is 9.99. The summed E-state index contributed by atoms with van der Waals surface area (Å²) in [6.45, 7) is 0. The summed E-state index contributed by atoms with van der Waals surface area (Å²) in [5.74, 6) is -1.54. The largest absolute Gasteiger partial charge is 0.465 e. The minimum absolute atomic E-state index is 0.217. The molecule has 1 aliphatic heterocycles. The fourth-order valence-electron chi connectivity index (χ4n) is 0.734. The van der Waals surface area contributed by atoms with E-state index in [4.69, 9.17) is 5.11 Å². The molecule has 1 aliphatic rings. The predicted octanol–water partition coefficient (Wildman–Crippen LogP) is -0.904. The molecule has 1 fully saturated rings. The van der Waals surface area contributed by atoms with Gasteiger partial charge in [-0.15, -0.1) is 0 Å². The van der Waals surface area contributed by atoms with E-state index in [0.717, 1.165) is 0 Å². The molecular weight excluding hydrogens is 154 g/mol. The van der Waals surface area contributed by atoms with Crippen molar-refractivity contribution in [3.05, 3.63) is 0 Å². The third-order valence-corrected chi connectivity index (χ3v) is 1.17. The van der Waals surface area contributed by atoms with Gasteiger partial charge in [0.05, 0.1) is 6.42 Å². The second kappa shape index (κ2) is 2.57. The molecule has 1 saturated heterocycles. The molecule has 11 heavy (non-hydrogen) atoms. The number of carboxylic acid groups (broad SMARTS) is 1. The highest BCUT2D eigenvalue weighted by Crippen LogP contribution is 2.06. The minimum Gasteiger partial charge on any atom is -0.465 e. The molecule has 0 bridgehead atoms. The summed E-state index contributed by atoms with van der Waals surface area (Å²) in [4.78, 5) is 30.9. The second-order valence-electron chi connectivity index (χ2n) is 2.00. The average molecular weight is 159 g/mol. The molecule has 6 nitrogen and oxygen atoms in total. The lowest BCUT2D eigenvalue weighted by atomic mass is 10.2. The Bertz CT molecular complexity index is 223. The van der Waals surface area contributed by atoms with Crippen LogP contribution in [0.1, 0.15) is 6.42 Å². The number of carbonyl (C=O) groups excluding carboxylic acids is 2. The Morgan fingerprint density at radius 2 is 2.27 bits per heavy atom. The number of ether oxygens (including phenoxy) is 1. The fraction of sp³-hybridized carbons (Fsp3) is 0.400. The molecular formula is C5H5NO5. The Balaban J connectivity index is 2.53. The van der Waals surface area contributed by atoms with Crippen molar-refractivity contribution in [2.24, 2.45) is 0 Å². The van der Waals surface area contributed by atoms with Crippen LogP contribution >= 0.6 is 0 Å². The van der Waals surface area contributed by atoms with Gasteiger partial charge in [-0.25, -0.2) is 9.59 Å². The first-order valence-electron chi connectivity index (χ1n) is 2.83. The van der Waals surface area contributed by atoms with E-state index in [-0.39, 0.29) is 6.42 Å². The van der Waals surface area contributed by atoms with Gasteiger partial charge >= 0.3 is 18.0 Å².